The second kappa shape index (κ2) is 10.9. The molecule has 2 aliphatic rings. The van der Waals surface area contributed by atoms with Gasteiger partial charge in [0.05, 0.1) is 0 Å². The van der Waals surface area contributed by atoms with Crippen molar-refractivity contribution in [2.75, 3.05) is 0 Å². The van der Waals surface area contributed by atoms with Crippen LogP contribution in [-0.4, -0.2) is 5.12 Å². The van der Waals surface area contributed by atoms with Gasteiger partial charge in [-0.15, -0.1) is 6.58 Å². The Morgan fingerprint density at radius 1 is 1.13 bits per heavy atom. The van der Waals surface area contributed by atoms with E-state index in [1.807, 2.05) is 18.2 Å². The summed E-state index contributed by atoms with van der Waals surface area (Å²) in [5.74, 6) is 1.16. The number of benzene rings is 1. The maximum Gasteiger partial charge on any atom is 0.0346 e. The Morgan fingerprint density at radius 2 is 1.83 bits per heavy atom. The molecule has 0 N–H and O–H groups in total. The molecule has 1 saturated carbocycles. The summed E-state index contributed by atoms with van der Waals surface area (Å²) in [6, 6.07) is 8.76. The quantitative estimate of drug-likeness (QED) is 0.237. The van der Waals surface area contributed by atoms with Crippen molar-refractivity contribution in [3.8, 4) is 0 Å². The van der Waals surface area contributed by atoms with Crippen LogP contribution in [0.4, 0.5) is 0 Å². The maximum absolute atomic E-state index is 11.8. The molecule has 0 saturated heterocycles. The Hall–Kier alpha value is -1.93. The van der Waals surface area contributed by atoms with Gasteiger partial charge in [-0.1, -0.05) is 99.4 Å². The largest absolute Gasteiger partial charge is 0.741 e. The van der Waals surface area contributed by atoms with Gasteiger partial charge in [0.2, 0.25) is 0 Å². The summed E-state index contributed by atoms with van der Waals surface area (Å²) >= 11 is 4.94. The van der Waals surface area contributed by atoms with E-state index in [0.717, 1.165) is 18.8 Å². The third-order valence-electron chi connectivity index (χ3n) is 6.91. The molecule has 1 nitrogen and oxygen atoms in total. The summed E-state index contributed by atoms with van der Waals surface area (Å²) in [7, 11) is 0. The van der Waals surface area contributed by atoms with E-state index >= 15 is 0 Å². The highest BCUT2D eigenvalue weighted by molar-refractivity contribution is 7.77. The van der Waals surface area contributed by atoms with Crippen LogP contribution in [-0.2, 0) is 22.8 Å². The summed E-state index contributed by atoms with van der Waals surface area (Å²) in [6.07, 6.45) is 24.9. The summed E-state index contributed by atoms with van der Waals surface area (Å²) in [5.41, 5.74) is 2.47. The number of unbranched alkanes of at least 4 members (excludes halogenated alkanes) is 1. The van der Waals surface area contributed by atoms with Gasteiger partial charge in [-0.3, -0.25) is 0 Å². The van der Waals surface area contributed by atoms with Gasteiger partial charge < -0.3 is 17.4 Å². The van der Waals surface area contributed by atoms with Crippen LogP contribution < -0.4 is 0 Å². The fourth-order valence-corrected chi connectivity index (χ4v) is 5.43. The molecule has 3 rings (SSSR count). The lowest BCUT2D eigenvalue weighted by atomic mass is 9.60. The highest BCUT2D eigenvalue weighted by Gasteiger charge is 2.40. The van der Waals surface area contributed by atoms with Crippen molar-refractivity contribution in [2.45, 2.75) is 63.7 Å². The first-order valence-electron chi connectivity index (χ1n) is 11.6. The highest BCUT2D eigenvalue weighted by Crippen LogP contribution is 2.48. The first-order chi connectivity index (χ1) is 14.6. The van der Waals surface area contributed by atoms with Crippen molar-refractivity contribution in [1.82, 2.24) is 0 Å². The Labute approximate surface area is 188 Å². The van der Waals surface area contributed by atoms with E-state index in [1.54, 1.807) is 0 Å². The lowest BCUT2D eigenvalue weighted by Gasteiger charge is -2.43. The van der Waals surface area contributed by atoms with Crippen molar-refractivity contribution in [2.24, 2.45) is 17.8 Å². The average molecular weight is 420 g/mol. The van der Waals surface area contributed by atoms with Crippen LogP contribution in [0.5, 0.6) is 0 Å². The summed E-state index contributed by atoms with van der Waals surface area (Å²) in [6.45, 7) is 6.11. The molecule has 0 bridgehead atoms. The van der Waals surface area contributed by atoms with Gasteiger partial charge in [-0.2, -0.15) is 0 Å². The minimum Gasteiger partial charge on any atom is -0.741 e. The van der Waals surface area contributed by atoms with E-state index in [9.17, 15) is 4.79 Å². The van der Waals surface area contributed by atoms with Crippen molar-refractivity contribution in [3.05, 3.63) is 78.4 Å². The van der Waals surface area contributed by atoms with E-state index < -0.39 is 0 Å². The molecule has 0 aromatic heterocycles. The van der Waals surface area contributed by atoms with Gasteiger partial charge in [0, 0.05) is 16.4 Å². The number of rotatable bonds is 9. The molecule has 0 unspecified atom stereocenters. The number of carbonyl (C=O) groups is 1. The molecule has 0 atom stereocenters. The monoisotopic (exact) mass is 419 g/mol. The smallest absolute Gasteiger partial charge is 0.0346 e. The molecule has 1 fully saturated rings. The van der Waals surface area contributed by atoms with Crippen LogP contribution in [0.3, 0.4) is 0 Å². The predicted octanol–water partition coefficient (Wildman–Crippen LogP) is 7.33. The second-order valence-electron chi connectivity index (χ2n) is 8.86. The predicted molar refractivity (Wildman–Crippen MR) is 131 cm³/mol. The maximum atomic E-state index is 11.8. The molecular formula is C28H35OS-. The van der Waals surface area contributed by atoms with Crippen molar-refractivity contribution in [1.29, 1.82) is 0 Å². The molecule has 160 valence electrons. The van der Waals surface area contributed by atoms with Gasteiger partial charge >= 0.3 is 0 Å². The Balaban J connectivity index is 1.95. The van der Waals surface area contributed by atoms with Crippen LogP contribution >= 0.6 is 0 Å². The fraction of sp³-hybridized carbons (Fsp3) is 0.464. The van der Waals surface area contributed by atoms with Crippen LogP contribution in [0.25, 0.3) is 6.08 Å². The molecule has 2 heteroatoms. The van der Waals surface area contributed by atoms with Crippen LogP contribution in [0.1, 0.15) is 69.4 Å². The van der Waals surface area contributed by atoms with Crippen LogP contribution in [0.15, 0.2) is 67.3 Å². The number of hydrogen-bond donors (Lipinski definition) is 0. The Kier molecular flexibility index (Phi) is 8.27. The lowest BCUT2D eigenvalue weighted by Crippen LogP contribution is -2.37. The molecule has 1 aromatic rings. The SMILES string of the molecule is C=CCC/C=C/c1ccccc1C1(C2CCC(CCC)CC2)C=CC(C(=O)[S-])C=C1. The van der Waals surface area contributed by atoms with Crippen molar-refractivity contribution >= 4 is 23.8 Å². The molecule has 30 heavy (non-hydrogen) atoms. The fourth-order valence-electron chi connectivity index (χ4n) is 5.27. The van der Waals surface area contributed by atoms with E-state index in [4.69, 9.17) is 12.6 Å². The zero-order valence-corrected chi connectivity index (χ0v) is 19.1. The second-order valence-corrected chi connectivity index (χ2v) is 9.26. The molecular weight excluding hydrogens is 384 g/mol. The Bertz CT molecular complexity index is 794. The first kappa shape index (κ1) is 22.7. The van der Waals surface area contributed by atoms with E-state index in [0.29, 0.717) is 5.92 Å². The lowest BCUT2D eigenvalue weighted by molar-refractivity contribution is -0.112. The third kappa shape index (κ3) is 5.21. The number of allylic oxidation sites excluding steroid dienone is 6. The van der Waals surface area contributed by atoms with E-state index in [1.165, 1.54) is 49.7 Å². The molecule has 0 aliphatic heterocycles. The van der Waals surface area contributed by atoms with Crippen LogP contribution in [0.2, 0.25) is 0 Å². The first-order valence-corrected chi connectivity index (χ1v) is 12.0. The molecule has 0 radical (unpaired) electrons. The topological polar surface area (TPSA) is 17.1 Å². The molecule has 0 amide bonds. The van der Waals surface area contributed by atoms with Crippen LogP contribution in [0, 0.1) is 17.8 Å². The minimum atomic E-state index is -0.264. The zero-order valence-electron chi connectivity index (χ0n) is 18.3. The number of carbonyl (C=O) groups excluding carboxylic acids is 1. The van der Waals surface area contributed by atoms with Gasteiger partial charge in [0.1, 0.15) is 0 Å². The summed E-state index contributed by atoms with van der Waals surface area (Å²) < 4.78 is 0. The van der Waals surface area contributed by atoms with Gasteiger partial charge in [0.15, 0.2) is 0 Å². The van der Waals surface area contributed by atoms with Crippen molar-refractivity contribution < 1.29 is 4.79 Å². The minimum absolute atomic E-state index is 0.155. The standard InChI is InChI=1S/C28H36OS/c1-3-5-6-7-11-23-12-8-9-13-26(23)28(20-18-24(19-21-28)27(29)30)25-16-14-22(10-4-2)15-17-25/h3,7-9,11-13,18-22,24-25H,1,4-6,10,14-17H2,2H3,(H,29,30)/p-1/b11-7+. The highest BCUT2D eigenvalue weighted by atomic mass is 32.1. The van der Waals surface area contributed by atoms with E-state index in [2.05, 4.69) is 62.1 Å². The van der Waals surface area contributed by atoms with Gasteiger partial charge in [-0.05, 0) is 48.6 Å². The number of hydrogen-bond acceptors (Lipinski definition) is 2. The molecule has 0 spiro atoms. The molecule has 2 aliphatic carbocycles. The zero-order chi connectivity index (χ0) is 21.4. The van der Waals surface area contributed by atoms with Gasteiger partial charge in [0.25, 0.3) is 0 Å². The molecule has 1 aromatic carbocycles. The average Bonchev–Trinajstić information content (AvgIpc) is 2.78. The van der Waals surface area contributed by atoms with Crippen molar-refractivity contribution in [3.63, 3.8) is 0 Å². The third-order valence-corrected chi connectivity index (χ3v) is 7.18. The normalized spacial score (nSPS) is 28.6. The van der Waals surface area contributed by atoms with E-state index in [-0.39, 0.29) is 16.4 Å². The molecule has 0 heterocycles. The summed E-state index contributed by atoms with van der Waals surface area (Å²) in [4.78, 5) is 11.8. The Morgan fingerprint density at radius 3 is 2.47 bits per heavy atom. The summed E-state index contributed by atoms with van der Waals surface area (Å²) in [5, 5.41) is -0.194. The van der Waals surface area contributed by atoms with Gasteiger partial charge in [-0.25, -0.2) is 0 Å².